The molecule has 4 heteroatoms. The molecule has 0 saturated carbocycles. The van der Waals surface area contributed by atoms with Crippen LogP contribution in [-0.2, 0) is 6.54 Å². The third kappa shape index (κ3) is 2.52. The van der Waals surface area contributed by atoms with Crippen molar-refractivity contribution in [2.24, 2.45) is 0 Å². The van der Waals surface area contributed by atoms with E-state index in [2.05, 4.69) is 15.9 Å². The van der Waals surface area contributed by atoms with Gasteiger partial charge in [-0.1, -0.05) is 0 Å². The number of hydrogen-bond donors (Lipinski definition) is 0. The highest BCUT2D eigenvalue weighted by molar-refractivity contribution is 9.10. The lowest BCUT2D eigenvalue weighted by Crippen LogP contribution is -2.08. The van der Waals surface area contributed by atoms with Gasteiger partial charge < -0.3 is 4.90 Å². The Kier molecular flexibility index (Phi) is 2.92. The molecule has 0 atom stereocenters. The lowest BCUT2D eigenvalue weighted by atomic mass is 10.4. The Balaban J connectivity index is 2.59. The molecule has 0 aliphatic rings. The maximum absolute atomic E-state index is 8.47. The lowest BCUT2D eigenvalue weighted by molar-refractivity contribution is 0.474. The van der Waals surface area contributed by atoms with E-state index in [1.54, 1.807) is 23.3 Å². The highest BCUT2D eigenvalue weighted by Crippen LogP contribution is 2.20. The summed E-state index contributed by atoms with van der Waals surface area (Å²) in [5, 5.41) is 10.5. The Morgan fingerprint density at radius 3 is 3.00 bits per heavy atom. The molecule has 2 nitrogen and oxygen atoms in total. The van der Waals surface area contributed by atoms with E-state index in [-0.39, 0.29) is 0 Å². The van der Waals surface area contributed by atoms with E-state index in [4.69, 9.17) is 5.26 Å². The van der Waals surface area contributed by atoms with E-state index >= 15 is 0 Å². The van der Waals surface area contributed by atoms with Crippen molar-refractivity contribution in [1.82, 2.24) is 4.90 Å². The van der Waals surface area contributed by atoms with Crippen LogP contribution >= 0.6 is 27.3 Å². The first-order valence-electron chi connectivity index (χ1n) is 3.06. The molecule has 0 saturated heterocycles. The minimum atomic E-state index is 0.701. The molecule has 0 bridgehead atoms. The van der Waals surface area contributed by atoms with Crippen LogP contribution in [0.25, 0.3) is 0 Å². The Bertz CT molecular complexity index is 276. The van der Waals surface area contributed by atoms with Crippen LogP contribution in [0.1, 0.15) is 4.88 Å². The standard InChI is InChI=1S/C7H7BrN2S/c1-10(5-9)3-7-2-6(8)4-11-7/h2,4H,3H2,1H3. The monoisotopic (exact) mass is 230 g/mol. The van der Waals surface area contributed by atoms with Crippen molar-refractivity contribution in [3.05, 3.63) is 20.8 Å². The van der Waals surface area contributed by atoms with E-state index in [1.807, 2.05) is 17.6 Å². The van der Waals surface area contributed by atoms with Gasteiger partial charge in [-0.2, -0.15) is 5.26 Å². The maximum Gasteiger partial charge on any atom is 0.179 e. The van der Waals surface area contributed by atoms with Gasteiger partial charge in [-0.05, 0) is 22.0 Å². The van der Waals surface area contributed by atoms with Crippen LogP contribution in [0.2, 0.25) is 0 Å². The second-order valence-corrected chi connectivity index (χ2v) is 4.10. The van der Waals surface area contributed by atoms with Crippen LogP contribution < -0.4 is 0 Å². The summed E-state index contributed by atoms with van der Waals surface area (Å²) in [5.41, 5.74) is 0. The van der Waals surface area contributed by atoms with Crippen LogP contribution in [-0.4, -0.2) is 11.9 Å². The molecule has 0 radical (unpaired) electrons. The van der Waals surface area contributed by atoms with Crippen LogP contribution in [0.4, 0.5) is 0 Å². The molecular formula is C7H7BrN2S. The second-order valence-electron chi connectivity index (χ2n) is 2.19. The fourth-order valence-electron chi connectivity index (χ4n) is 0.706. The molecule has 0 fully saturated rings. The number of nitrogens with zero attached hydrogens (tertiary/aromatic N) is 2. The molecule has 1 heterocycles. The van der Waals surface area contributed by atoms with Gasteiger partial charge >= 0.3 is 0 Å². The van der Waals surface area contributed by atoms with Crippen molar-refractivity contribution in [3.63, 3.8) is 0 Å². The minimum Gasteiger partial charge on any atom is -0.308 e. The third-order valence-corrected chi connectivity index (χ3v) is 2.87. The summed E-state index contributed by atoms with van der Waals surface area (Å²) in [6.45, 7) is 0.701. The Hall–Kier alpha value is -0.530. The van der Waals surface area contributed by atoms with Crippen molar-refractivity contribution in [1.29, 1.82) is 5.26 Å². The third-order valence-electron chi connectivity index (χ3n) is 1.19. The Morgan fingerprint density at radius 2 is 2.55 bits per heavy atom. The number of thiophene rings is 1. The van der Waals surface area contributed by atoms with E-state index in [0.29, 0.717) is 6.54 Å². The molecule has 0 aromatic carbocycles. The normalized spacial score (nSPS) is 9.18. The van der Waals surface area contributed by atoms with Gasteiger partial charge in [0.05, 0.1) is 6.54 Å². The molecule has 0 unspecified atom stereocenters. The first-order valence-corrected chi connectivity index (χ1v) is 4.73. The zero-order chi connectivity index (χ0) is 8.27. The predicted octanol–water partition coefficient (Wildman–Crippen LogP) is 2.42. The van der Waals surface area contributed by atoms with E-state index < -0.39 is 0 Å². The molecule has 1 aromatic heterocycles. The summed E-state index contributed by atoms with van der Waals surface area (Å²) >= 11 is 5.01. The fraction of sp³-hybridized carbons (Fsp3) is 0.286. The summed E-state index contributed by atoms with van der Waals surface area (Å²) in [7, 11) is 1.77. The van der Waals surface area contributed by atoms with Crippen molar-refractivity contribution in [2.75, 3.05) is 7.05 Å². The molecule has 0 spiro atoms. The quantitative estimate of drug-likeness (QED) is 0.577. The molecular weight excluding hydrogens is 224 g/mol. The summed E-state index contributed by atoms with van der Waals surface area (Å²) in [6, 6.07) is 2.03. The van der Waals surface area contributed by atoms with Crippen LogP contribution in [0.5, 0.6) is 0 Å². The molecule has 58 valence electrons. The fourth-order valence-corrected chi connectivity index (χ4v) is 2.21. The van der Waals surface area contributed by atoms with Gasteiger partial charge in [-0.15, -0.1) is 11.3 Å². The molecule has 0 amide bonds. The van der Waals surface area contributed by atoms with Gasteiger partial charge in [0, 0.05) is 21.8 Å². The zero-order valence-electron chi connectivity index (χ0n) is 6.04. The lowest BCUT2D eigenvalue weighted by Gasteiger charge is -2.04. The molecule has 1 rings (SSSR count). The van der Waals surface area contributed by atoms with Gasteiger partial charge in [0.15, 0.2) is 6.19 Å². The van der Waals surface area contributed by atoms with E-state index in [0.717, 1.165) is 4.47 Å². The van der Waals surface area contributed by atoms with Crippen molar-refractivity contribution in [2.45, 2.75) is 6.54 Å². The first kappa shape index (κ1) is 8.57. The van der Waals surface area contributed by atoms with Crippen LogP contribution in [0, 0.1) is 11.5 Å². The topological polar surface area (TPSA) is 27.0 Å². The molecule has 0 aliphatic carbocycles. The average molecular weight is 231 g/mol. The molecule has 0 N–H and O–H groups in total. The zero-order valence-corrected chi connectivity index (χ0v) is 8.44. The van der Waals surface area contributed by atoms with Crippen LogP contribution in [0.15, 0.2) is 15.9 Å². The summed E-state index contributed by atoms with van der Waals surface area (Å²) in [5.74, 6) is 0. The van der Waals surface area contributed by atoms with Crippen molar-refractivity contribution < 1.29 is 0 Å². The van der Waals surface area contributed by atoms with Crippen molar-refractivity contribution in [3.8, 4) is 6.19 Å². The number of hydrogen-bond acceptors (Lipinski definition) is 3. The summed E-state index contributed by atoms with van der Waals surface area (Å²) in [4.78, 5) is 2.79. The predicted molar refractivity (Wildman–Crippen MR) is 49.1 cm³/mol. The molecule has 0 aliphatic heterocycles. The van der Waals surface area contributed by atoms with Gasteiger partial charge in [0.25, 0.3) is 0 Å². The minimum absolute atomic E-state index is 0.701. The first-order chi connectivity index (χ1) is 5.22. The van der Waals surface area contributed by atoms with Gasteiger partial charge in [-0.3, -0.25) is 0 Å². The van der Waals surface area contributed by atoms with E-state index in [1.165, 1.54) is 4.88 Å². The second kappa shape index (κ2) is 3.74. The molecule has 11 heavy (non-hydrogen) atoms. The Morgan fingerprint density at radius 1 is 1.82 bits per heavy atom. The highest BCUT2D eigenvalue weighted by Gasteiger charge is 1.99. The summed E-state index contributed by atoms with van der Waals surface area (Å²) in [6.07, 6.45) is 2.05. The van der Waals surface area contributed by atoms with Gasteiger partial charge in [0.1, 0.15) is 0 Å². The smallest absolute Gasteiger partial charge is 0.179 e. The molecule has 1 aromatic rings. The SMILES string of the molecule is CN(C#N)Cc1cc(Br)cs1. The average Bonchev–Trinajstić information content (AvgIpc) is 2.35. The number of nitriles is 1. The van der Waals surface area contributed by atoms with Gasteiger partial charge in [0.2, 0.25) is 0 Å². The Labute approximate surface area is 78.2 Å². The largest absolute Gasteiger partial charge is 0.308 e. The number of halogens is 1. The summed E-state index contributed by atoms with van der Waals surface area (Å²) < 4.78 is 1.09. The highest BCUT2D eigenvalue weighted by atomic mass is 79.9. The van der Waals surface area contributed by atoms with Crippen molar-refractivity contribution >= 4 is 27.3 Å². The van der Waals surface area contributed by atoms with E-state index in [9.17, 15) is 0 Å². The van der Waals surface area contributed by atoms with Gasteiger partial charge in [-0.25, -0.2) is 0 Å². The van der Waals surface area contributed by atoms with Crippen LogP contribution in [0.3, 0.4) is 0 Å². The number of rotatable bonds is 2. The maximum atomic E-state index is 8.47.